The summed E-state index contributed by atoms with van der Waals surface area (Å²) in [5, 5.41) is 1.87. The van der Waals surface area contributed by atoms with Crippen LogP contribution in [0.3, 0.4) is 0 Å². The van der Waals surface area contributed by atoms with Crippen LogP contribution < -0.4 is 5.32 Å². The Morgan fingerprint density at radius 3 is 2.59 bits per heavy atom. The Labute approximate surface area is 94.4 Å². The van der Waals surface area contributed by atoms with Crippen molar-refractivity contribution in [2.45, 2.75) is 12.8 Å². The molecule has 0 radical (unpaired) electrons. The van der Waals surface area contributed by atoms with Crippen LogP contribution in [0.2, 0.25) is 0 Å². The third kappa shape index (κ3) is 4.71. The van der Waals surface area contributed by atoms with Gasteiger partial charge in [0.15, 0.2) is 6.61 Å². The minimum atomic E-state index is -3.17. The smallest absolute Gasteiger partial charge is 0.411 e. The molecule has 0 fully saturated rings. The van der Waals surface area contributed by atoms with Crippen LogP contribution in [0.4, 0.5) is 28.0 Å². The van der Waals surface area contributed by atoms with Crippen molar-refractivity contribution in [3.05, 3.63) is 29.8 Å². The number of hydrogen-bond acceptors (Lipinski definition) is 2. The highest BCUT2D eigenvalue weighted by atomic mass is 19.3. The van der Waals surface area contributed by atoms with Crippen LogP contribution in [0.1, 0.15) is 6.92 Å². The van der Waals surface area contributed by atoms with E-state index >= 15 is 0 Å². The van der Waals surface area contributed by atoms with Gasteiger partial charge in [-0.15, -0.1) is 0 Å². The zero-order chi connectivity index (χ0) is 13.1. The Bertz CT molecular complexity index is 417. The van der Waals surface area contributed by atoms with E-state index in [4.69, 9.17) is 0 Å². The highest BCUT2D eigenvalue weighted by molar-refractivity contribution is 5.84. The van der Waals surface area contributed by atoms with Crippen molar-refractivity contribution in [2.24, 2.45) is 0 Å². The molecule has 0 saturated heterocycles. The third-order valence-corrected chi connectivity index (χ3v) is 1.62. The van der Waals surface area contributed by atoms with Crippen molar-refractivity contribution < 1.29 is 27.1 Å². The first-order valence-electron chi connectivity index (χ1n) is 4.54. The lowest BCUT2D eigenvalue weighted by atomic mass is 10.3. The van der Waals surface area contributed by atoms with Crippen molar-refractivity contribution in [3.63, 3.8) is 0 Å². The fourth-order valence-corrected chi connectivity index (χ4v) is 0.929. The lowest BCUT2D eigenvalue weighted by molar-refractivity contribution is -0.0358. The number of alkyl halides is 2. The molecule has 0 bridgehead atoms. The van der Waals surface area contributed by atoms with Crippen LogP contribution >= 0.6 is 0 Å². The Balaban J connectivity index is 2.57. The fourth-order valence-electron chi connectivity index (χ4n) is 0.929. The summed E-state index contributed by atoms with van der Waals surface area (Å²) < 4.78 is 54.3. The number of hydrogen-bond donors (Lipinski definition) is 1. The number of anilines is 1. The quantitative estimate of drug-likeness (QED) is 0.838. The summed E-state index contributed by atoms with van der Waals surface area (Å²) in [6, 6.07) is 2.41. The van der Waals surface area contributed by atoms with Crippen LogP contribution in [0, 0.1) is 11.6 Å². The first kappa shape index (κ1) is 13.3. The molecule has 0 aliphatic rings. The normalized spacial score (nSPS) is 11.1. The van der Waals surface area contributed by atoms with Crippen molar-refractivity contribution >= 4 is 11.8 Å². The average molecular weight is 251 g/mol. The molecule has 94 valence electrons. The second-order valence-electron chi connectivity index (χ2n) is 3.40. The molecule has 0 aliphatic heterocycles. The summed E-state index contributed by atoms with van der Waals surface area (Å²) in [7, 11) is 0. The van der Waals surface area contributed by atoms with Gasteiger partial charge < -0.3 is 4.74 Å². The summed E-state index contributed by atoms with van der Waals surface area (Å²) in [5.41, 5.74) is -0.351. The number of carbonyl (C=O) groups is 1. The van der Waals surface area contributed by atoms with Gasteiger partial charge in [0.25, 0.3) is 5.92 Å². The number of amides is 1. The maximum absolute atomic E-state index is 13.0. The van der Waals surface area contributed by atoms with E-state index in [0.717, 1.165) is 12.1 Å². The van der Waals surface area contributed by atoms with Gasteiger partial charge in [0.1, 0.15) is 11.6 Å². The molecule has 1 aromatic carbocycles. The standard InChI is InChI=1S/C10H9F4NO2/c1-10(13,14)5-17-9(16)15-8-3-2-6(11)4-7(8)12/h2-4H,5H2,1H3,(H,15,16). The number of rotatable bonds is 3. The molecule has 1 rings (SSSR count). The van der Waals surface area contributed by atoms with Gasteiger partial charge >= 0.3 is 6.09 Å². The molecule has 7 heteroatoms. The highest BCUT2D eigenvalue weighted by Gasteiger charge is 2.23. The maximum atomic E-state index is 13.0. The van der Waals surface area contributed by atoms with E-state index in [1.54, 1.807) is 0 Å². The van der Waals surface area contributed by atoms with Gasteiger partial charge in [0.05, 0.1) is 5.69 Å². The van der Waals surface area contributed by atoms with Crippen molar-refractivity contribution in [1.82, 2.24) is 0 Å². The minimum Gasteiger partial charge on any atom is -0.443 e. The molecule has 0 unspecified atom stereocenters. The molecule has 1 amide bonds. The number of halogens is 4. The Hall–Kier alpha value is -1.79. The molecule has 0 spiro atoms. The molecule has 0 saturated carbocycles. The Morgan fingerprint density at radius 2 is 2.06 bits per heavy atom. The van der Waals surface area contributed by atoms with Gasteiger partial charge in [-0.1, -0.05) is 0 Å². The molecular weight excluding hydrogens is 242 g/mol. The minimum absolute atomic E-state index is 0.351. The van der Waals surface area contributed by atoms with Gasteiger partial charge in [0, 0.05) is 13.0 Å². The van der Waals surface area contributed by atoms with Crippen LogP contribution in [0.25, 0.3) is 0 Å². The van der Waals surface area contributed by atoms with Gasteiger partial charge in [0.2, 0.25) is 0 Å². The van der Waals surface area contributed by atoms with Crippen molar-refractivity contribution in [2.75, 3.05) is 11.9 Å². The van der Waals surface area contributed by atoms with Gasteiger partial charge in [-0.25, -0.2) is 22.4 Å². The topological polar surface area (TPSA) is 38.3 Å². The number of benzene rings is 1. The lowest BCUT2D eigenvalue weighted by Crippen LogP contribution is -2.24. The van der Waals surface area contributed by atoms with E-state index in [2.05, 4.69) is 4.74 Å². The number of nitrogens with one attached hydrogen (secondary N) is 1. The zero-order valence-corrected chi connectivity index (χ0v) is 8.77. The summed E-state index contributed by atoms with van der Waals surface area (Å²) in [5.74, 6) is -5.01. The SMILES string of the molecule is CC(F)(F)COC(=O)Nc1ccc(F)cc1F. The van der Waals surface area contributed by atoms with Crippen molar-refractivity contribution in [1.29, 1.82) is 0 Å². The molecule has 0 aromatic heterocycles. The van der Waals surface area contributed by atoms with Gasteiger partial charge in [-0.3, -0.25) is 5.32 Å². The molecular formula is C10H9F4NO2. The second kappa shape index (κ2) is 5.03. The number of ether oxygens (including phenoxy) is 1. The zero-order valence-electron chi connectivity index (χ0n) is 8.77. The first-order chi connectivity index (χ1) is 7.78. The molecule has 1 N–H and O–H groups in total. The predicted molar refractivity (Wildman–Crippen MR) is 51.9 cm³/mol. The molecule has 3 nitrogen and oxygen atoms in total. The second-order valence-corrected chi connectivity index (χ2v) is 3.40. The van der Waals surface area contributed by atoms with Crippen LogP contribution in [-0.2, 0) is 4.74 Å². The van der Waals surface area contributed by atoms with E-state index in [1.807, 2.05) is 5.32 Å². The van der Waals surface area contributed by atoms with E-state index in [9.17, 15) is 22.4 Å². The first-order valence-corrected chi connectivity index (χ1v) is 4.54. The largest absolute Gasteiger partial charge is 0.443 e. The molecule has 1 aromatic rings. The number of carbonyl (C=O) groups excluding carboxylic acids is 1. The monoisotopic (exact) mass is 251 g/mol. The summed E-state index contributed by atoms with van der Waals surface area (Å²) in [6.07, 6.45) is -1.24. The van der Waals surface area contributed by atoms with E-state index < -0.39 is 30.3 Å². The van der Waals surface area contributed by atoms with Crippen LogP contribution in [0.15, 0.2) is 18.2 Å². The Morgan fingerprint density at radius 1 is 1.41 bits per heavy atom. The summed E-state index contributed by atoms with van der Waals surface area (Å²) in [4.78, 5) is 11.0. The third-order valence-electron chi connectivity index (χ3n) is 1.62. The van der Waals surface area contributed by atoms with E-state index in [-0.39, 0.29) is 5.69 Å². The van der Waals surface area contributed by atoms with E-state index in [1.165, 1.54) is 0 Å². The Kier molecular flexibility index (Phi) is 3.93. The van der Waals surface area contributed by atoms with Gasteiger partial charge in [-0.2, -0.15) is 0 Å². The summed E-state index contributed by atoms with van der Waals surface area (Å²) in [6.45, 7) is -0.555. The molecule has 17 heavy (non-hydrogen) atoms. The predicted octanol–water partition coefficient (Wildman–Crippen LogP) is 3.17. The molecule has 0 atom stereocenters. The van der Waals surface area contributed by atoms with Crippen LogP contribution in [-0.4, -0.2) is 18.6 Å². The van der Waals surface area contributed by atoms with Gasteiger partial charge in [-0.05, 0) is 12.1 Å². The highest BCUT2D eigenvalue weighted by Crippen LogP contribution is 2.16. The average Bonchev–Trinajstić information content (AvgIpc) is 2.18. The summed E-state index contributed by atoms with van der Waals surface area (Å²) >= 11 is 0. The maximum Gasteiger partial charge on any atom is 0.411 e. The molecule has 0 aliphatic carbocycles. The van der Waals surface area contributed by atoms with Crippen LogP contribution in [0.5, 0.6) is 0 Å². The lowest BCUT2D eigenvalue weighted by Gasteiger charge is -2.11. The van der Waals surface area contributed by atoms with E-state index in [0.29, 0.717) is 13.0 Å². The van der Waals surface area contributed by atoms with Crippen molar-refractivity contribution in [3.8, 4) is 0 Å². The molecule has 0 heterocycles. The fraction of sp³-hybridized carbons (Fsp3) is 0.300.